The molecule has 0 aliphatic heterocycles. The number of benzene rings is 1. The second-order valence-electron chi connectivity index (χ2n) is 4.94. The third-order valence-corrected chi connectivity index (χ3v) is 2.95. The summed E-state index contributed by atoms with van der Waals surface area (Å²) < 4.78 is 0. The van der Waals surface area contributed by atoms with E-state index in [0.717, 1.165) is 18.4 Å². The number of amides is 1. The first-order valence-electron chi connectivity index (χ1n) is 6.23. The second kappa shape index (κ2) is 5.17. The van der Waals surface area contributed by atoms with Crippen molar-refractivity contribution in [2.24, 2.45) is 0 Å². The van der Waals surface area contributed by atoms with E-state index < -0.39 is 0 Å². The van der Waals surface area contributed by atoms with E-state index in [9.17, 15) is 4.79 Å². The Kier molecular flexibility index (Phi) is 3.62. The minimum absolute atomic E-state index is 0.0143. The number of hydrogen-bond donors (Lipinski definition) is 1. The molecular weight excluding hydrogens is 210 g/mol. The Balaban J connectivity index is 1.92. The Bertz CT molecular complexity index is 413. The topological polar surface area (TPSA) is 29.1 Å². The fourth-order valence-corrected chi connectivity index (χ4v) is 1.64. The van der Waals surface area contributed by atoms with Gasteiger partial charge in [-0.2, -0.15) is 0 Å². The average molecular weight is 229 g/mol. The van der Waals surface area contributed by atoms with Crippen molar-refractivity contribution in [3.63, 3.8) is 0 Å². The van der Waals surface area contributed by atoms with Crippen LogP contribution in [-0.4, -0.2) is 11.9 Å². The molecule has 0 bridgehead atoms. The molecule has 0 saturated heterocycles. The van der Waals surface area contributed by atoms with Gasteiger partial charge in [0.1, 0.15) is 0 Å². The molecule has 1 aromatic rings. The monoisotopic (exact) mass is 229 g/mol. The normalized spacial score (nSPS) is 15.5. The quantitative estimate of drug-likeness (QED) is 0.790. The molecule has 0 atom stereocenters. The van der Waals surface area contributed by atoms with Crippen LogP contribution >= 0.6 is 0 Å². The highest BCUT2D eigenvalue weighted by atomic mass is 16.1. The van der Waals surface area contributed by atoms with Gasteiger partial charge in [-0.3, -0.25) is 4.79 Å². The number of nitrogens with one attached hydrogen (secondary N) is 1. The van der Waals surface area contributed by atoms with Crippen LogP contribution in [-0.2, 0) is 4.79 Å². The summed E-state index contributed by atoms with van der Waals surface area (Å²) in [5.74, 6) is 0.562. The predicted octanol–water partition coefficient (Wildman–Crippen LogP) is 3.10. The molecule has 0 radical (unpaired) electrons. The minimum atomic E-state index is 0.0143. The van der Waals surface area contributed by atoms with Gasteiger partial charge in [-0.1, -0.05) is 38.1 Å². The summed E-state index contributed by atoms with van der Waals surface area (Å²) in [6, 6.07) is 8.76. The van der Waals surface area contributed by atoms with Crippen LogP contribution in [0, 0.1) is 0 Å². The smallest absolute Gasteiger partial charge is 0.244 e. The van der Waals surface area contributed by atoms with E-state index in [0.29, 0.717) is 12.0 Å². The van der Waals surface area contributed by atoms with Crippen molar-refractivity contribution >= 4 is 12.0 Å². The third kappa shape index (κ3) is 3.74. The SMILES string of the molecule is CC(C)c1ccc(C=CC(=O)NC2CC2)cc1. The molecule has 2 heteroatoms. The van der Waals surface area contributed by atoms with Crippen LogP contribution in [0.25, 0.3) is 6.08 Å². The molecule has 1 aromatic carbocycles. The first-order valence-corrected chi connectivity index (χ1v) is 6.23. The molecule has 1 saturated carbocycles. The summed E-state index contributed by atoms with van der Waals surface area (Å²) in [6.07, 6.45) is 5.73. The van der Waals surface area contributed by atoms with Gasteiger partial charge >= 0.3 is 0 Å². The zero-order chi connectivity index (χ0) is 12.3. The van der Waals surface area contributed by atoms with Crippen LogP contribution in [0.15, 0.2) is 30.3 Å². The molecule has 1 fully saturated rings. The Morgan fingerprint density at radius 1 is 1.29 bits per heavy atom. The van der Waals surface area contributed by atoms with Crippen LogP contribution in [0.1, 0.15) is 43.7 Å². The summed E-state index contributed by atoms with van der Waals surface area (Å²) in [7, 11) is 0. The molecule has 2 rings (SSSR count). The van der Waals surface area contributed by atoms with Crippen LogP contribution < -0.4 is 5.32 Å². The van der Waals surface area contributed by atoms with Crippen molar-refractivity contribution in [2.75, 3.05) is 0 Å². The van der Waals surface area contributed by atoms with Gasteiger partial charge in [0.25, 0.3) is 0 Å². The van der Waals surface area contributed by atoms with Gasteiger partial charge in [-0.25, -0.2) is 0 Å². The van der Waals surface area contributed by atoms with Crippen LogP contribution in [0.3, 0.4) is 0 Å². The Morgan fingerprint density at radius 3 is 2.47 bits per heavy atom. The second-order valence-corrected chi connectivity index (χ2v) is 4.94. The molecule has 1 aliphatic rings. The first-order chi connectivity index (χ1) is 8.15. The zero-order valence-electron chi connectivity index (χ0n) is 10.4. The lowest BCUT2D eigenvalue weighted by atomic mass is 10.0. The van der Waals surface area contributed by atoms with Crippen molar-refractivity contribution in [3.8, 4) is 0 Å². The molecule has 0 spiro atoms. The van der Waals surface area contributed by atoms with E-state index in [1.54, 1.807) is 6.08 Å². The van der Waals surface area contributed by atoms with E-state index in [2.05, 4.69) is 43.4 Å². The van der Waals surface area contributed by atoms with Gasteiger partial charge in [0.05, 0.1) is 0 Å². The molecular formula is C15H19NO. The lowest BCUT2D eigenvalue weighted by Gasteiger charge is -2.04. The molecule has 0 aromatic heterocycles. The lowest BCUT2D eigenvalue weighted by molar-refractivity contribution is -0.116. The van der Waals surface area contributed by atoms with Gasteiger partial charge < -0.3 is 5.32 Å². The Hall–Kier alpha value is -1.57. The molecule has 0 unspecified atom stereocenters. The van der Waals surface area contributed by atoms with E-state index in [-0.39, 0.29) is 5.91 Å². The van der Waals surface area contributed by atoms with Gasteiger partial charge in [0.2, 0.25) is 5.91 Å². The maximum atomic E-state index is 11.4. The lowest BCUT2D eigenvalue weighted by Crippen LogP contribution is -2.22. The highest BCUT2D eigenvalue weighted by Crippen LogP contribution is 2.18. The number of hydrogen-bond acceptors (Lipinski definition) is 1. The molecule has 1 aliphatic carbocycles. The molecule has 0 heterocycles. The molecule has 1 N–H and O–H groups in total. The van der Waals surface area contributed by atoms with Gasteiger partial charge in [0, 0.05) is 12.1 Å². The molecule has 1 amide bonds. The average Bonchev–Trinajstić information content (AvgIpc) is 3.11. The molecule has 17 heavy (non-hydrogen) atoms. The van der Waals surface area contributed by atoms with E-state index in [1.807, 2.05) is 6.08 Å². The minimum Gasteiger partial charge on any atom is -0.350 e. The van der Waals surface area contributed by atoms with E-state index >= 15 is 0 Å². The molecule has 90 valence electrons. The molecule has 2 nitrogen and oxygen atoms in total. The zero-order valence-corrected chi connectivity index (χ0v) is 10.4. The first kappa shape index (κ1) is 11.9. The summed E-state index contributed by atoms with van der Waals surface area (Å²) in [4.78, 5) is 11.4. The highest BCUT2D eigenvalue weighted by Gasteiger charge is 2.21. The van der Waals surface area contributed by atoms with Crippen molar-refractivity contribution in [1.82, 2.24) is 5.32 Å². The highest BCUT2D eigenvalue weighted by molar-refractivity contribution is 5.92. The van der Waals surface area contributed by atoms with Crippen LogP contribution in [0.2, 0.25) is 0 Å². The third-order valence-electron chi connectivity index (χ3n) is 2.95. The van der Waals surface area contributed by atoms with Gasteiger partial charge in [-0.05, 0) is 36.0 Å². The summed E-state index contributed by atoms with van der Waals surface area (Å²) in [5, 5.41) is 2.93. The fourth-order valence-electron chi connectivity index (χ4n) is 1.64. The Labute approximate surface area is 103 Å². The van der Waals surface area contributed by atoms with Crippen molar-refractivity contribution < 1.29 is 4.79 Å². The maximum Gasteiger partial charge on any atom is 0.244 e. The van der Waals surface area contributed by atoms with Crippen molar-refractivity contribution in [2.45, 2.75) is 38.6 Å². The summed E-state index contributed by atoms with van der Waals surface area (Å²) in [5.41, 5.74) is 2.39. The van der Waals surface area contributed by atoms with Crippen molar-refractivity contribution in [1.29, 1.82) is 0 Å². The van der Waals surface area contributed by atoms with E-state index in [1.165, 1.54) is 5.56 Å². The van der Waals surface area contributed by atoms with E-state index in [4.69, 9.17) is 0 Å². The van der Waals surface area contributed by atoms with Gasteiger partial charge in [-0.15, -0.1) is 0 Å². The van der Waals surface area contributed by atoms with Crippen LogP contribution in [0.4, 0.5) is 0 Å². The maximum absolute atomic E-state index is 11.4. The number of carbonyl (C=O) groups excluding carboxylic acids is 1. The summed E-state index contributed by atoms with van der Waals surface area (Å²) in [6.45, 7) is 4.35. The van der Waals surface area contributed by atoms with Crippen LogP contribution in [0.5, 0.6) is 0 Å². The standard InChI is InChI=1S/C15H19NO/c1-11(2)13-6-3-12(4-7-13)5-10-15(17)16-14-8-9-14/h3-7,10-11,14H,8-9H2,1-2H3,(H,16,17). The predicted molar refractivity (Wildman–Crippen MR) is 70.7 cm³/mol. The van der Waals surface area contributed by atoms with Crippen molar-refractivity contribution in [3.05, 3.63) is 41.5 Å². The fraction of sp³-hybridized carbons (Fsp3) is 0.400. The Morgan fingerprint density at radius 2 is 1.94 bits per heavy atom. The van der Waals surface area contributed by atoms with Gasteiger partial charge in [0.15, 0.2) is 0 Å². The summed E-state index contributed by atoms with van der Waals surface area (Å²) >= 11 is 0. The number of rotatable bonds is 4. The number of carbonyl (C=O) groups is 1. The largest absolute Gasteiger partial charge is 0.350 e.